The van der Waals surface area contributed by atoms with Crippen LogP contribution in [0, 0.1) is 5.82 Å². The van der Waals surface area contributed by atoms with E-state index >= 15 is 0 Å². The molecule has 0 saturated heterocycles. The first kappa shape index (κ1) is 17.9. The minimum absolute atomic E-state index is 0.181. The van der Waals surface area contributed by atoms with Crippen molar-refractivity contribution in [2.24, 2.45) is 0 Å². The lowest BCUT2D eigenvalue weighted by atomic mass is 10.1. The molecule has 2 N–H and O–H groups in total. The molecule has 2 rings (SSSR count). The first-order valence-electron chi connectivity index (χ1n) is 7.19. The van der Waals surface area contributed by atoms with E-state index in [0.717, 1.165) is 11.6 Å². The van der Waals surface area contributed by atoms with Gasteiger partial charge >= 0.3 is 5.97 Å². The SMILES string of the molecule is O=C(O)/C=C/c1ccc(Br)c(NC(=O)CCc2ccc(F)cc2)c1. The van der Waals surface area contributed by atoms with E-state index in [1.807, 2.05) is 0 Å². The molecule has 0 atom stereocenters. The highest BCUT2D eigenvalue weighted by Crippen LogP contribution is 2.24. The smallest absolute Gasteiger partial charge is 0.328 e. The van der Waals surface area contributed by atoms with Crippen molar-refractivity contribution in [1.82, 2.24) is 0 Å². The van der Waals surface area contributed by atoms with Gasteiger partial charge in [0.25, 0.3) is 0 Å². The minimum Gasteiger partial charge on any atom is -0.478 e. The van der Waals surface area contributed by atoms with Gasteiger partial charge in [0.05, 0.1) is 5.69 Å². The second kappa shape index (κ2) is 8.40. The molecule has 0 radical (unpaired) electrons. The first-order chi connectivity index (χ1) is 11.4. The number of aryl methyl sites for hydroxylation is 1. The summed E-state index contributed by atoms with van der Waals surface area (Å²) in [7, 11) is 0. The summed E-state index contributed by atoms with van der Waals surface area (Å²) >= 11 is 3.35. The summed E-state index contributed by atoms with van der Waals surface area (Å²) in [5.74, 6) is -1.53. The van der Waals surface area contributed by atoms with Crippen molar-refractivity contribution >= 4 is 39.6 Å². The Labute approximate surface area is 147 Å². The number of hydrogen-bond donors (Lipinski definition) is 2. The normalized spacial score (nSPS) is 10.8. The Balaban J connectivity index is 1.98. The maximum absolute atomic E-state index is 12.8. The molecule has 1 amide bonds. The fourth-order valence-corrected chi connectivity index (χ4v) is 2.38. The van der Waals surface area contributed by atoms with Gasteiger partial charge in [0.1, 0.15) is 5.82 Å². The lowest BCUT2D eigenvalue weighted by Gasteiger charge is -2.08. The molecular weight excluding hydrogens is 377 g/mol. The third-order valence-corrected chi connectivity index (χ3v) is 3.93. The molecule has 0 aliphatic rings. The van der Waals surface area contributed by atoms with Gasteiger partial charge < -0.3 is 10.4 Å². The second-order valence-corrected chi connectivity index (χ2v) is 5.94. The zero-order valence-electron chi connectivity index (χ0n) is 12.6. The number of benzene rings is 2. The summed E-state index contributed by atoms with van der Waals surface area (Å²) in [6.07, 6.45) is 3.24. The predicted molar refractivity (Wildman–Crippen MR) is 94.2 cm³/mol. The number of carboxylic acids is 1. The zero-order valence-corrected chi connectivity index (χ0v) is 14.2. The Morgan fingerprint density at radius 2 is 1.88 bits per heavy atom. The fourth-order valence-electron chi connectivity index (χ4n) is 2.03. The van der Waals surface area contributed by atoms with Crippen LogP contribution in [-0.4, -0.2) is 17.0 Å². The maximum Gasteiger partial charge on any atom is 0.328 e. The van der Waals surface area contributed by atoms with Crippen LogP contribution in [0.2, 0.25) is 0 Å². The Hall–Kier alpha value is -2.47. The van der Waals surface area contributed by atoms with Gasteiger partial charge in [-0.3, -0.25) is 4.79 Å². The lowest BCUT2D eigenvalue weighted by Crippen LogP contribution is -2.12. The number of amides is 1. The average Bonchev–Trinajstić information content (AvgIpc) is 2.55. The molecule has 0 heterocycles. The standard InChI is InChI=1S/C18H15BrFNO3/c19-15-8-3-13(5-10-18(23)24)11-16(15)21-17(22)9-4-12-1-6-14(20)7-2-12/h1-3,5-8,10-11H,4,9H2,(H,21,22)(H,23,24)/b10-5+. The van der Waals surface area contributed by atoms with Crippen LogP contribution in [0.3, 0.4) is 0 Å². The molecule has 2 aromatic rings. The highest BCUT2D eigenvalue weighted by molar-refractivity contribution is 9.10. The van der Waals surface area contributed by atoms with Crippen LogP contribution in [0.5, 0.6) is 0 Å². The number of nitrogens with one attached hydrogen (secondary N) is 1. The summed E-state index contributed by atoms with van der Waals surface area (Å²) in [4.78, 5) is 22.6. The largest absolute Gasteiger partial charge is 0.478 e. The van der Waals surface area contributed by atoms with Gasteiger partial charge in [-0.2, -0.15) is 0 Å². The van der Waals surface area contributed by atoms with Crippen LogP contribution in [0.25, 0.3) is 6.08 Å². The van der Waals surface area contributed by atoms with Crippen LogP contribution in [0.1, 0.15) is 17.5 Å². The summed E-state index contributed by atoms with van der Waals surface area (Å²) in [5.41, 5.74) is 2.10. The molecule has 0 bridgehead atoms. The minimum atomic E-state index is -1.04. The second-order valence-electron chi connectivity index (χ2n) is 5.09. The first-order valence-corrected chi connectivity index (χ1v) is 7.98. The van der Waals surface area contributed by atoms with Gasteiger partial charge in [-0.25, -0.2) is 9.18 Å². The van der Waals surface area contributed by atoms with Gasteiger partial charge in [-0.1, -0.05) is 18.2 Å². The van der Waals surface area contributed by atoms with Crippen LogP contribution < -0.4 is 5.32 Å². The number of hydrogen-bond acceptors (Lipinski definition) is 2. The van der Waals surface area contributed by atoms with Crippen molar-refractivity contribution in [1.29, 1.82) is 0 Å². The van der Waals surface area contributed by atoms with Crippen molar-refractivity contribution in [3.05, 3.63) is 70.0 Å². The van der Waals surface area contributed by atoms with Crippen LogP contribution >= 0.6 is 15.9 Å². The van der Waals surface area contributed by atoms with E-state index in [0.29, 0.717) is 22.1 Å². The highest BCUT2D eigenvalue weighted by Gasteiger charge is 2.07. The number of rotatable bonds is 6. The van der Waals surface area contributed by atoms with Crippen molar-refractivity contribution in [3.63, 3.8) is 0 Å². The summed E-state index contributed by atoms with van der Waals surface area (Å²) in [5, 5.41) is 11.4. The zero-order chi connectivity index (χ0) is 17.5. The average molecular weight is 392 g/mol. The van der Waals surface area contributed by atoms with Crippen molar-refractivity contribution < 1.29 is 19.1 Å². The number of halogens is 2. The van der Waals surface area contributed by atoms with E-state index in [-0.39, 0.29) is 18.1 Å². The lowest BCUT2D eigenvalue weighted by molar-refractivity contribution is -0.131. The number of carbonyl (C=O) groups excluding carboxylic acids is 1. The van der Waals surface area contributed by atoms with Gasteiger partial charge in [0.15, 0.2) is 0 Å². The van der Waals surface area contributed by atoms with Crippen LogP contribution in [0.15, 0.2) is 53.0 Å². The quantitative estimate of drug-likeness (QED) is 0.723. The van der Waals surface area contributed by atoms with Crippen LogP contribution in [0.4, 0.5) is 10.1 Å². The van der Waals surface area contributed by atoms with E-state index in [9.17, 15) is 14.0 Å². The molecule has 124 valence electrons. The molecule has 0 aliphatic carbocycles. The van der Waals surface area contributed by atoms with Gasteiger partial charge in [0, 0.05) is 17.0 Å². The van der Waals surface area contributed by atoms with Crippen molar-refractivity contribution in [3.8, 4) is 0 Å². The van der Waals surface area contributed by atoms with Crippen molar-refractivity contribution in [2.45, 2.75) is 12.8 Å². The number of aliphatic carboxylic acids is 1. The molecule has 4 nitrogen and oxygen atoms in total. The third-order valence-electron chi connectivity index (χ3n) is 3.24. The molecule has 0 spiro atoms. The van der Waals surface area contributed by atoms with E-state index in [4.69, 9.17) is 5.11 Å². The number of carboxylic acid groups (broad SMARTS) is 1. The molecule has 0 unspecified atom stereocenters. The molecule has 0 saturated carbocycles. The van der Waals surface area contributed by atoms with Gasteiger partial charge in [0.2, 0.25) is 5.91 Å². The van der Waals surface area contributed by atoms with Crippen LogP contribution in [-0.2, 0) is 16.0 Å². The highest BCUT2D eigenvalue weighted by atomic mass is 79.9. The predicted octanol–water partition coefficient (Wildman–Crippen LogP) is 4.26. The summed E-state index contributed by atoms with van der Waals surface area (Å²) in [6, 6.07) is 11.2. The van der Waals surface area contributed by atoms with E-state index in [1.165, 1.54) is 18.2 Å². The summed E-state index contributed by atoms with van der Waals surface area (Å²) < 4.78 is 13.5. The molecule has 0 fully saturated rings. The number of anilines is 1. The Kier molecular flexibility index (Phi) is 6.26. The van der Waals surface area contributed by atoms with E-state index in [1.54, 1.807) is 30.3 Å². The topological polar surface area (TPSA) is 66.4 Å². The molecule has 6 heteroatoms. The Morgan fingerprint density at radius 3 is 2.54 bits per heavy atom. The Morgan fingerprint density at radius 1 is 1.17 bits per heavy atom. The maximum atomic E-state index is 12.8. The Bertz CT molecular complexity index is 772. The fraction of sp³-hybridized carbons (Fsp3) is 0.111. The van der Waals surface area contributed by atoms with Gasteiger partial charge in [-0.05, 0) is 63.8 Å². The van der Waals surface area contributed by atoms with E-state index in [2.05, 4.69) is 21.2 Å². The molecule has 0 aliphatic heterocycles. The molecule has 0 aromatic heterocycles. The molecular formula is C18H15BrFNO3. The number of carbonyl (C=O) groups is 2. The third kappa shape index (κ3) is 5.62. The van der Waals surface area contributed by atoms with Gasteiger partial charge in [-0.15, -0.1) is 0 Å². The van der Waals surface area contributed by atoms with Crippen molar-refractivity contribution in [2.75, 3.05) is 5.32 Å². The summed E-state index contributed by atoms with van der Waals surface area (Å²) in [6.45, 7) is 0. The molecule has 24 heavy (non-hydrogen) atoms. The molecule has 2 aromatic carbocycles. The van der Waals surface area contributed by atoms with E-state index < -0.39 is 5.97 Å². The monoisotopic (exact) mass is 391 g/mol.